The van der Waals surface area contributed by atoms with Crippen LogP contribution in [0.3, 0.4) is 0 Å². The van der Waals surface area contributed by atoms with Crippen molar-refractivity contribution in [2.24, 2.45) is 0 Å². The smallest absolute Gasteiger partial charge is 0.376 e. The van der Waals surface area contributed by atoms with Gasteiger partial charge in [0.05, 0.1) is 30.9 Å². The van der Waals surface area contributed by atoms with E-state index in [4.69, 9.17) is 9.47 Å². The van der Waals surface area contributed by atoms with E-state index in [1.165, 1.54) is 6.07 Å². The monoisotopic (exact) mass is 329 g/mol. The fourth-order valence-corrected chi connectivity index (χ4v) is 2.96. The molecule has 1 N–H and O–H groups in total. The lowest BCUT2D eigenvalue weighted by Crippen LogP contribution is -2.55. The second-order valence-electron chi connectivity index (χ2n) is 5.94. The predicted molar refractivity (Wildman–Crippen MR) is 75.7 cm³/mol. The van der Waals surface area contributed by atoms with Crippen molar-refractivity contribution in [3.05, 3.63) is 35.4 Å². The molecule has 2 aliphatic rings. The van der Waals surface area contributed by atoms with Crippen LogP contribution in [0.15, 0.2) is 24.3 Å². The molecule has 23 heavy (non-hydrogen) atoms. The van der Waals surface area contributed by atoms with E-state index in [1.807, 2.05) is 0 Å². The standard InChI is InChI=1S/C16H18F3NO3/c17-16(18,19)12-4-1-3-11(9-12)15(5-2-6-15)20-14(21)13-10-22-7-8-23-13/h1,3-4,9,13H,2,5-8,10H2,(H,20,21). The Morgan fingerprint density at radius 1 is 1.26 bits per heavy atom. The van der Waals surface area contributed by atoms with Crippen molar-refractivity contribution in [2.75, 3.05) is 19.8 Å². The van der Waals surface area contributed by atoms with Gasteiger partial charge in [0.25, 0.3) is 5.91 Å². The topological polar surface area (TPSA) is 47.6 Å². The number of nitrogens with one attached hydrogen (secondary N) is 1. The first-order valence-electron chi connectivity index (χ1n) is 7.60. The third-order valence-corrected chi connectivity index (χ3v) is 4.42. The third kappa shape index (κ3) is 3.35. The van der Waals surface area contributed by atoms with Crippen LogP contribution >= 0.6 is 0 Å². The van der Waals surface area contributed by atoms with Gasteiger partial charge >= 0.3 is 6.18 Å². The summed E-state index contributed by atoms with van der Waals surface area (Å²) in [7, 11) is 0. The Kier molecular flexibility index (Phi) is 4.33. The highest BCUT2D eigenvalue weighted by molar-refractivity contribution is 5.82. The van der Waals surface area contributed by atoms with Gasteiger partial charge in [-0.3, -0.25) is 4.79 Å². The van der Waals surface area contributed by atoms with Crippen LogP contribution in [-0.2, 0) is 26.0 Å². The molecule has 0 radical (unpaired) electrons. The van der Waals surface area contributed by atoms with E-state index in [0.717, 1.165) is 18.6 Å². The quantitative estimate of drug-likeness (QED) is 0.927. The second kappa shape index (κ2) is 6.13. The van der Waals surface area contributed by atoms with Gasteiger partial charge < -0.3 is 14.8 Å². The maximum atomic E-state index is 12.9. The van der Waals surface area contributed by atoms with Crippen molar-refractivity contribution in [3.63, 3.8) is 0 Å². The van der Waals surface area contributed by atoms with Crippen LogP contribution in [0, 0.1) is 0 Å². The van der Waals surface area contributed by atoms with Crippen molar-refractivity contribution in [1.82, 2.24) is 5.32 Å². The minimum atomic E-state index is -4.40. The van der Waals surface area contributed by atoms with Crippen LogP contribution in [0.1, 0.15) is 30.4 Å². The Hall–Kier alpha value is -1.60. The van der Waals surface area contributed by atoms with Crippen LogP contribution in [-0.4, -0.2) is 31.8 Å². The van der Waals surface area contributed by atoms with Crippen LogP contribution in [0.5, 0.6) is 0 Å². The largest absolute Gasteiger partial charge is 0.416 e. The Bertz CT molecular complexity index is 578. The molecule has 1 heterocycles. The summed E-state index contributed by atoms with van der Waals surface area (Å²) < 4.78 is 49.3. The molecule has 1 saturated carbocycles. The summed E-state index contributed by atoms with van der Waals surface area (Å²) in [5.41, 5.74) is -0.949. The fraction of sp³-hybridized carbons (Fsp3) is 0.562. The Morgan fingerprint density at radius 3 is 2.61 bits per heavy atom. The highest BCUT2D eigenvalue weighted by atomic mass is 19.4. The van der Waals surface area contributed by atoms with Gasteiger partial charge in [-0.05, 0) is 37.0 Å². The van der Waals surface area contributed by atoms with Gasteiger partial charge in [0, 0.05) is 0 Å². The number of amides is 1. The van der Waals surface area contributed by atoms with E-state index in [-0.39, 0.29) is 12.5 Å². The first-order chi connectivity index (χ1) is 10.9. The van der Waals surface area contributed by atoms with Crippen molar-refractivity contribution in [2.45, 2.75) is 37.1 Å². The first-order valence-corrected chi connectivity index (χ1v) is 7.60. The molecular weight excluding hydrogens is 311 g/mol. The number of ether oxygens (including phenoxy) is 2. The maximum absolute atomic E-state index is 12.9. The summed E-state index contributed by atoms with van der Waals surface area (Å²) in [6.45, 7) is 0.960. The number of benzene rings is 1. The average molecular weight is 329 g/mol. The number of rotatable bonds is 3. The van der Waals surface area contributed by atoms with Gasteiger partial charge in [0.2, 0.25) is 0 Å². The molecule has 1 aliphatic carbocycles. The summed E-state index contributed by atoms with van der Waals surface area (Å²) in [6.07, 6.45) is -3.00. The van der Waals surface area contributed by atoms with Crippen molar-refractivity contribution in [3.8, 4) is 0 Å². The number of alkyl halides is 3. The maximum Gasteiger partial charge on any atom is 0.416 e. The molecule has 1 unspecified atom stereocenters. The lowest BCUT2D eigenvalue weighted by atomic mass is 9.71. The summed E-state index contributed by atoms with van der Waals surface area (Å²) in [5.74, 6) is -0.332. The lowest BCUT2D eigenvalue weighted by molar-refractivity contribution is -0.150. The van der Waals surface area contributed by atoms with Crippen LogP contribution < -0.4 is 5.32 Å². The number of halogens is 3. The van der Waals surface area contributed by atoms with Gasteiger partial charge in [-0.1, -0.05) is 12.1 Å². The Labute approximate surface area is 132 Å². The molecule has 126 valence electrons. The molecule has 1 aliphatic heterocycles. The van der Waals surface area contributed by atoms with Crippen LogP contribution in [0.25, 0.3) is 0 Å². The average Bonchev–Trinajstić information content (AvgIpc) is 2.51. The highest BCUT2D eigenvalue weighted by Gasteiger charge is 2.43. The highest BCUT2D eigenvalue weighted by Crippen LogP contribution is 2.43. The molecule has 7 heteroatoms. The summed E-state index contributed by atoms with van der Waals surface area (Å²) >= 11 is 0. The molecule has 2 fully saturated rings. The summed E-state index contributed by atoms with van der Waals surface area (Å²) in [6, 6.07) is 5.17. The molecule has 1 saturated heterocycles. The molecule has 3 rings (SSSR count). The van der Waals surface area contributed by atoms with Gasteiger partial charge in [-0.2, -0.15) is 13.2 Å². The zero-order chi connectivity index (χ0) is 16.5. The molecule has 0 bridgehead atoms. The van der Waals surface area contributed by atoms with Crippen LogP contribution in [0.2, 0.25) is 0 Å². The van der Waals surface area contributed by atoms with Crippen molar-refractivity contribution >= 4 is 5.91 Å². The fourth-order valence-electron chi connectivity index (χ4n) is 2.96. The normalized spacial score (nSPS) is 23.9. The van der Waals surface area contributed by atoms with Gasteiger partial charge in [0.15, 0.2) is 6.10 Å². The van der Waals surface area contributed by atoms with Crippen molar-refractivity contribution < 1.29 is 27.4 Å². The molecular formula is C16H18F3NO3. The zero-order valence-electron chi connectivity index (χ0n) is 12.5. The van der Waals surface area contributed by atoms with E-state index in [2.05, 4.69) is 5.32 Å². The lowest BCUT2D eigenvalue weighted by Gasteiger charge is -2.44. The van der Waals surface area contributed by atoms with Crippen LogP contribution in [0.4, 0.5) is 13.2 Å². The molecule has 0 aromatic heterocycles. The molecule has 1 aromatic carbocycles. The second-order valence-corrected chi connectivity index (χ2v) is 5.94. The Morgan fingerprint density at radius 2 is 2.04 bits per heavy atom. The SMILES string of the molecule is O=C(NC1(c2cccc(C(F)(F)F)c2)CCC1)C1COCCO1. The van der Waals surface area contributed by atoms with E-state index in [9.17, 15) is 18.0 Å². The number of carbonyl (C=O) groups is 1. The third-order valence-electron chi connectivity index (χ3n) is 4.42. The minimum absolute atomic E-state index is 0.171. The van der Waals surface area contributed by atoms with Gasteiger partial charge in [-0.25, -0.2) is 0 Å². The molecule has 4 nitrogen and oxygen atoms in total. The number of hydrogen-bond donors (Lipinski definition) is 1. The molecule has 1 amide bonds. The summed E-state index contributed by atoms with van der Waals surface area (Å²) in [5, 5.41) is 2.88. The molecule has 1 aromatic rings. The van der Waals surface area contributed by atoms with Crippen molar-refractivity contribution in [1.29, 1.82) is 0 Å². The van der Waals surface area contributed by atoms with Gasteiger partial charge in [-0.15, -0.1) is 0 Å². The number of carbonyl (C=O) groups excluding carboxylic acids is 1. The minimum Gasteiger partial charge on any atom is -0.376 e. The van der Waals surface area contributed by atoms with E-state index < -0.39 is 23.4 Å². The summed E-state index contributed by atoms with van der Waals surface area (Å²) in [4.78, 5) is 12.3. The van der Waals surface area contributed by atoms with E-state index in [1.54, 1.807) is 6.07 Å². The Balaban J connectivity index is 1.79. The van der Waals surface area contributed by atoms with Gasteiger partial charge in [0.1, 0.15) is 0 Å². The first kappa shape index (κ1) is 16.3. The molecule has 0 spiro atoms. The predicted octanol–water partition coefficient (Wildman–Crippen LogP) is 2.62. The zero-order valence-corrected chi connectivity index (χ0v) is 12.5. The molecule has 1 atom stereocenters. The van der Waals surface area contributed by atoms with E-state index >= 15 is 0 Å². The number of hydrogen-bond acceptors (Lipinski definition) is 3. The van der Waals surface area contributed by atoms with E-state index in [0.29, 0.717) is 31.6 Å².